The first-order chi connectivity index (χ1) is 7.71. The van der Waals surface area contributed by atoms with Crippen LogP contribution in [-0.4, -0.2) is 32.0 Å². The zero-order valence-corrected chi connectivity index (χ0v) is 13.4. The number of aliphatic imine (C=N–C) groups is 1. The van der Waals surface area contributed by atoms with Crippen molar-refractivity contribution in [2.75, 3.05) is 21.1 Å². The molecule has 1 rings (SSSR count). The van der Waals surface area contributed by atoms with Gasteiger partial charge in [-0.05, 0) is 17.5 Å². The van der Waals surface area contributed by atoms with Gasteiger partial charge in [0.1, 0.15) is 0 Å². The molecule has 0 radical (unpaired) electrons. The van der Waals surface area contributed by atoms with Gasteiger partial charge in [0, 0.05) is 27.7 Å². The monoisotopic (exact) mass is 347 g/mol. The molecule has 0 aromatic heterocycles. The van der Waals surface area contributed by atoms with E-state index in [-0.39, 0.29) is 24.0 Å². The Morgan fingerprint density at radius 1 is 1.24 bits per heavy atom. The van der Waals surface area contributed by atoms with Crippen LogP contribution in [0.25, 0.3) is 0 Å². The standard InChI is InChI=1S/C13H21N3.HI/c1-5-11-6-8-12(9-7-11)10-16(4)13(14-2)15-3;/h6-9H,5,10H2,1-4H3,(H,14,15);1H. The van der Waals surface area contributed by atoms with Crippen molar-refractivity contribution in [2.45, 2.75) is 19.9 Å². The third-order valence-corrected chi connectivity index (χ3v) is 2.65. The summed E-state index contributed by atoms with van der Waals surface area (Å²) in [4.78, 5) is 6.27. The maximum absolute atomic E-state index is 4.17. The number of hydrogen-bond donors (Lipinski definition) is 1. The highest BCUT2D eigenvalue weighted by molar-refractivity contribution is 14.0. The van der Waals surface area contributed by atoms with E-state index in [4.69, 9.17) is 0 Å². The molecule has 4 heteroatoms. The van der Waals surface area contributed by atoms with Gasteiger partial charge in [0.05, 0.1) is 0 Å². The van der Waals surface area contributed by atoms with Gasteiger partial charge in [0.15, 0.2) is 5.96 Å². The van der Waals surface area contributed by atoms with Crippen molar-refractivity contribution < 1.29 is 0 Å². The lowest BCUT2D eigenvalue weighted by molar-refractivity contribution is 0.483. The zero-order valence-electron chi connectivity index (χ0n) is 11.0. The molecule has 17 heavy (non-hydrogen) atoms. The lowest BCUT2D eigenvalue weighted by Crippen LogP contribution is -2.36. The average Bonchev–Trinajstić information content (AvgIpc) is 2.31. The van der Waals surface area contributed by atoms with E-state index in [0.29, 0.717) is 0 Å². The number of guanidine groups is 1. The molecule has 1 aromatic rings. The fourth-order valence-electron chi connectivity index (χ4n) is 1.70. The third kappa shape index (κ3) is 4.93. The Morgan fingerprint density at radius 3 is 2.18 bits per heavy atom. The van der Waals surface area contributed by atoms with Crippen LogP contribution in [0, 0.1) is 0 Å². The second-order valence-corrected chi connectivity index (χ2v) is 3.82. The number of benzene rings is 1. The van der Waals surface area contributed by atoms with Crippen LogP contribution in [0.5, 0.6) is 0 Å². The Bertz CT molecular complexity index is 346. The first-order valence-electron chi connectivity index (χ1n) is 5.64. The van der Waals surface area contributed by atoms with Gasteiger partial charge in [-0.15, -0.1) is 24.0 Å². The molecule has 0 saturated carbocycles. The Morgan fingerprint density at radius 2 is 1.76 bits per heavy atom. The van der Waals surface area contributed by atoms with Crippen molar-refractivity contribution in [2.24, 2.45) is 4.99 Å². The molecule has 3 nitrogen and oxygen atoms in total. The Hall–Kier alpha value is -0.780. The molecule has 1 aromatic carbocycles. The fourth-order valence-corrected chi connectivity index (χ4v) is 1.70. The van der Waals surface area contributed by atoms with Crippen LogP contribution in [0.15, 0.2) is 29.3 Å². The zero-order chi connectivity index (χ0) is 12.0. The van der Waals surface area contributed by atoms with Crippen molar-refractivity contribution in [3.8, 4) is 0 Å². The van der Waals surface area contributed by atoms with Gasteiger partial charge in [0.2, 0.25) is 0 Å². The molecule has 96 valence electrons. The minimum atomic E-state index is 0. The Balaban J connectivity index is 0.00000256. The minimum absolute atomic E-state index is 0. The van der Waals surface area contributed by atoms with E-state index >= 15 is 0 Å². The highest BCUT2D eigenvalue weighted by Gasteiger charge is 2.03. The van der Waals surface area contributed by atoms with Crippen molar-refractivity contribution in [3.05, 3.63) is 35.4 Å². The first-order valence-corrected chi connectivity index (χ1v) is 5.64. The lowest BCUT2D eigenvalue weighted by atomic mass is 10.1. The summed E-state index contributed by atoms with van der Waals surface area (Å²) in [6.45, 7) is 3.04. The van der Waals surface area contributed by atoms with E-state index in [1.165, 1.54) is 11.1 Å². The lowest BCUT2D eigenvalue weighted by Gasteiger charge is -2.20. The molecule has 0 atom stereocenters. The van der Waals surface area contributed by atoms with E-state index < -0.39 is 0 Å². The average molecular weight is 347 g/mol. The van der Waals surface area contributed by atoms with Gasteiger partial charge in [0.25, 0.3) is 0 Å². The van der Waals surface area contributed by atoms with E-state index in [2.05, 4.69) is 46.4 Å². The quantitative estimate of drug-likeness (QED) is 0.517. The molecule has 0 heterocycles. The highest BCUT2D eigenvalue weighted by Crippen LogP contribution is 2.07. The van der Waals surface area contributed by atoms with E-state index in [9.17, 15) is 0 Å². The van der Waals surface area contributed by atoms with Gasteiger partial charge in [-0.25, -0.2) is 0 Å². The third-order valence-electron chi connectivity index (χ3n) is 2.65. The Labute approximate surface area is 121 Å². The van der Waals surface area contributed by atoms with Crippen molar-refractivity contribution in [1.82, 2.24) is 10.2 Å². The fraction of sp³-hybridized carbons (Fsp3) is 0.462. The van der Waals surface area contributed by atoms with E-state index in [1.807, 2.05) is 14.1 Å². The predicted octanol–water partition coefficient (Wildman–Crippen LogP) is 2.50. The number of nitrogens with one attached hydrogen (secondary N) is 1. The van der Waals surface area contributed by atoms with Crippen LogP contribution in [0.4, 0.5) is 0 Å². The van der Waals surface area contributed by atoms with Gasteiger partial charge >= 0.3 is 0 Å². The molecular weight excluding hydrogens is 325 g/mol. The Kier molecular flexibility index (Phi) is 7.95. The van der Waals surface area contributed by atoms with Crippen molar-refractivity contribution >= 4 is 29.9 Å². The molecule has 0 aliphatic carbocycles. The molecule has 0 fully saturated rings. The molecule has 0 amide bonds. The van der Waals surface area contributed by atoms with Gasteiger partial charge in [-0.3, -0.25) is 4.99 Å². The molecular formula is C13H22IN3. The van der Waals surface area contributed by atoms with Gasteiger partial charge in [-0.2, -0.15) is 0 Å². The molecule has 0 spiro atoms. The maximum Gasteiger partial charge on any atom is 0.193 e. The highest BCUT2D eigenvalue weighted by atomic mass is 127. The van der Waals surface area contributed by atoms with Gasteiger partial charge in [-0.1, -0.05) is 31.2 Å². The SMILES string of the molecule is CCc1ccc(CN(C)C(=NC)NC)cc1.I. The number of rotatable bonds is 3. The summed E-state index contributed by atoms with van der Waals surface area (Å²) in [5.41, 5.74) is 2.68. The first kappa shape index (κ1) is 16.2. The minimum Gasteiger partial charge on any atom is -0.359 e. The summed E-state index contributed by atoms with van der Waals surface area (Å²) in [5.74, 6) is 0.902. The van der Waals surface area contributed by atoms with Crippen LogP contribution in [0.3, 0.4) is 0 Å². The van der Waals surface area contributed by atoms with E-state index in [0.717, 1.165) is 18.9 Å². The number of halogens is 1. The van der Waals surface area contributed by atoms with Crippen molar-refractivity contribution in [1.29, 1.82) is 0 Å². The summed E-state index contributed by atoms with van der Waals surface area (Å²) in [5, 5.41) is 3.07. The van der Waals surface area contributed by atoms with Gasteiger partial charge < -0.3 is 10.2 Å². The summed E-state index contributed by atoms with van der Waals surface area (Å²) in [6, 6.07) is 8.73. The van der Waals surface area contributed by atoms with Crippen molar-refractivity contribution in [3.63, 3.8) is 0 Å². The molecule has 0 bridgehead atoms. The van der Waals surface area contributed by atoms with Crippen LogP contribution >= 0.6 is 24.0 Å². The topological polar surface area (TPSA) is 27.6 Å². The summed E-state index contributed by atoms with van der Waals surface area (Å²) in [6.07, 6.45) is 1.09. The summed E-state index contributed by atoms with van der Waals surface area (Å²) < 4.78 is 0. The molecule has 0 aliphatic rings. The van der Waals surface area contributed by atoms with Crippen LogP contribution in [-0.2, 0) is 13.0 Å². The second kappa shape index (κ2) is 8.33. The number of aryl methyl sites for hydroxylation is 1. The summed E-state index contributed by atoms with van der Waals surface area (Å²) >= 11 is 0. The number of nitrogens with zero attached hydrogens (tertiary/aromatic N) is 2. The van der Waals surface area contributed by atoms with Crippen LogP contribution in [0.2, 0.25) is 0 Å². The molecule has 0 saturated heterocycles. The molecule has 1 N–H and O–H groups in total. The van der Waals surface area contributed by atoms with Crippen LogP contribution < -0.4 is 5.32 Å². The molecule has 0 unspecified atom stereocenters. The van der Waals surface area contributed by atoms with Crippen LogP contribution in [0.1, 0.15) is 18.1 Å². The normalized spacial score (nSPS) is 10.7. The van der Waals surface area contributed by atoms with E-state index in [1.54, 1.807) is 7.05 Å². The predicted molar refractivity (Wildman–Crippen MR) is 85.1 cm³/mol. The number of hydrogen-bond acceptors (Lipinski definition) is 1. The summed E-state index contributed by atoms with van der Waals surface area (Å²) in [7, 11) is 5.72. The smallest absolute Gasteiger partial charge is 0.193 e. The largest absolute Gasteiger partial charge is 0.359 e. The maximum atomic E-state index is 4.17. The molecule has 0 aliphatic heterocycles. The second-order valence-electron chi connectivity index (χ2n) is 3.82.